The second-order valence-corrected chi connectivity index (χ2v) is 7.49. The van der Waals surface area contributed by atoms with E-state index in [1.807, 2.05) is 40.9 Å². The zero-order valence-corrected chi connectivity index (χ0v) is 14.6. The van der Waals surface area contributed by atoms with Gasteiger partial charge in [-0.2, -0.15) is 11.8 Å². The molecule has 1 amide bonds. The number of aromatic nitrogens is 1. The Morgan fingerprint density at radius 2 is 1.92 bits per heavy atom. The maximum Gasteiger partial charge on any atom is 0.250 e. The van der Waals surface area contributed by atoms with Crippen molar-refractivity contribution in [3.63, 3.8) is 0 Å². The summed E-state index contributed by atoms with van der Waals surface area (Å²) >= 11 is 1.91. The first-order valence-electron chi connectivity index (χ1n) is 8.28. The summed E-state index contributed by atoms with van der Waals surface area (Å²) in [4.78, 5) is 26.6. The summed E-state index contributed by atoms with van der Waals surface area (Å²) in [7, 11) is 0. The van der Waals surface area contributed by atoms with Crippen LogP contribution in [-0.2, 0) is 11.3 Å². The quantitative estimate of drug-likeness (QED) is 0.858. The summed E-state index contributed by atoms with van der Waals surface area (Å²) in [6.45, 7) is 3.37. The Labute approximate surface area is 146 Å². The number of amides is 1. The van der Waals surface area contributed by atoms with E-state index in [0.717, 1.165) is 12.3 Å². The Balaban J connectivity index is 1.74. The monoisotopic (exact) mass is 342 g/mol. The van der Waals surface area contributed by atoms with Crippen LogP contribution in [-0.4, -0.2) is 32.9 Å². The number of carbonyl (C=O) groups excluding carboxylic acids is 1. The van der Waals surface area contributed by atoms with Gasteiger partial charge in [-0.05, 0) is 11.6 Å². The van der Waals surface area contributed by atoms with E-state index in [-0.39, 0.29) is 17.5 Å². The third-order valence-electron chi connectivity index (χ3n) is 4.42. The molecule has 0 unspecified atom stereocenters. The summed E-state index contributed by atoms with van der Waals surface area (Å²) in [5.41, 5.74) is 1.12. The van der Waals surface area contributed by atoms with Crippen LogP contribution in [0.2, 0.25) is 0 Å². The first-order valence-corrected chi connectivity index (χ1v) is 9.33. The van der Waals surface area contributed by atoms with E-state index >= 15 is 0 Å². The number of aryl methyl sites for hydroxylation is 1. The fourth-order valence-corrected chi connectivity index (χ4v) is 4.37. The van der Waals surface area contributed by atoms with Crippen LogP contribution in [0, 0.1) is 0 Å². The van der Waals surface area contributed by atoms with E-state index in [0.29, 0.717) is 18.2 Å². The van der Waals surface area contributed by atoms with Crippen molar-refractivity contribution in [3.05, 3.63) is 70.6 Å². The molecule has 1 fully saturated rings. The minimum absolute atomic E-state index is 0.0625. The van der Waals surface area contributed by atoms with Crippen LogP contribution in [0.5, 0.6) is 0 Å². The van der Waals surface area contributed by atoms with Crippen molar-refractivity contribution in [1.82, 2.24) is 9.47 Å². The van der Waals surface area contributed by atoms with Gasteiger partial charge in [0.15, 0.2) is 0 Å². The molecule has 2 atom stereocenters. The van der Waals surface area contributed by atoms with Gasteiger partial charge < -0.3 is 9.47 Å². The molecule has 3 rings (SSSR count). The van der Waals surface area contributed by atoms with E-state index in [1.54, 1.807) is 16.8 Å². The molecule has 0 bridgehead atoms. The van der Waals surface area contributed by atoms with Crippen molar-refractivity contribution in [2.75, 3.05) is 12.3 Å². The lowest BCUT2D eigenvalue weighted by Gasteiger charge is -2.40. The molecule has 24 heavy (non-hydrogen) atoms. The van der Waals surface area contributed by atoms with E-state index in [1.165, 1.54) is 11.6 Å². The molecule has 1 saturated heterocycles. The Morgan fingerprint density at radius 1 is 1.17 bits per heavy atom. The fourth-order valence-electron chi connectivity index (χ4n) is 3.21. The molecule has 2 aromatic rings. The molecule has 0 radical (unpaired) electrons. The lowest BCUT2D eigenvalue weighted by Crippen LogP contribution is -2.44. The van der Waals surface area contributed by atoms with Crippen LogP contribution in [0.4, 0.5) is 0 Å². The number of nitrogens with zero attached hydrogens (tertiary/aromatic N) is 2. The zero-order valence-electron chi connectivity index (χ0n) is 13.8. The summed E-state index contributed by atoms with van der Waals surface area (Å²) < 4.78 is 1.59. The van der Waals surface area contributed by atoms with Crippen LogP contribution in [0.1, 0.15) is 24.9 Å². The highest BCUT2D eigenvalue weighted by Gasteiger charge is 2.33. The van der Waals surface area contributed by atoms with Gasteiger partial charge in [-0.1, -0.05) is 43.3 Å². The Kier molecular flexibility index (Phi) is 5.41. The number of hydrogen-bond acceptors (Lipinski definition) is 3. The molecule has 126 valence electrons. The van der Waals surface area contributed by atoms with Crippen LogP contribution in [0.3, 0.4) is 0 Å². The van der Waals surface area contributed by atoms with Crippen molar-refractivity contribution in [2.45, 2.75) is 31.2 Å². The van der Waals surface area contributed by atoms with Crippen molar-refractivity contribution in [1.29, 1.82) is 0 Å². The topological polar surface area (TPSA) is 42.3 Å². The Morgan fingerprint density at radius 3 is 2.67 bits per heavy atom. The molecule has 2 heterocycles. The third kappa shape index (κ3) is 3.73. The number of thioether (sulfide) groups is 1. The van der Waals surface area contributed by atoms with E-state index in [4.69, 9.17) is 0 Å². The maximum absolute atomic E-state index is 12.8. The third-order valence-corrected chi connectivity index (χ3v) is 5.62. The van der Waals surface area contributed by atoms with E-state index in [9.17, 15) is 9.59 Å². The molecule has 4 nitrogen and oxygen atoms in total. The molecule has 0 spiro atoms. The van der Waals surface area contributed by atoms with Crippen LogP contribution < -0.4 is 5.56 Å². The van der Waals surface area contributed by atoms with Crippen LogP contribution in [0.15, 0.2) is 59.5 Å². The van der Waals surface area contributed by atoms with Gasteiger partial charge in [-0.3, -0.25) is 9.59 Å². The number of hydrogen-bond donors (Lipinski definition) is 0. The standard InChI is InChI=1S/C19H22N2O2S/c1-15-19(16-7-3-2-4-8-16)21(13-14-24-15)18(23)10-12-20-11-6-5-9-17(20)22/h2-9,11,15,19H,10,12-14H2,1H3/t15-,19+/m1/s1. The number of carbonyl (C=O) groups is 1. The highest BCUT2D eigenvalue weighted by molar-refractivity contribution is 8.00. The second kappa shape index (κ2) is 7.71. The van der Waals surface area contributed by atoms with Gasteiger partial charge in [0.25, 0.3) is 5.56 Å². The molecular weight excluding hydrogens is 320 g/mol. The summed E-state index contributed by atoms with van der Waals surface area (Å²) in [5.74, 6) is 1.08. The fraction of sp³-hybridized carbons (Fsp3) is 0.368. The van der Waals surface area contributed by atoms with Crippen LogP contribution >= 0.6 is 11.8 Å². The highest BCUT2D eigenvalue weighted by atomic mass is 32.2. The van der Waals surface area contributed by atoms with Gasteiger partial charge >= 0.3 is 0 Å². The molecule has 1 aromatic heterocycles. The number of rotatable bonds is 4. The lowest BCUT2D eigenvalue weighted by molar-refractivity contribution is -0.133. The van der Waals surface area contributed by atoms with Crippen molar-refractivity contribution in [2.24, 2.45) is 0 Å². The molecule has 1 aliphatic rings. The SMILES string of the molecule is C[C@H]1SCCN(C(=O)CCn2ccccc2=O)[C@@H]1c1ccccc1. The van der Waals surface area contributed by atoms with E-state index in [2.05, 4.69) is 19.1 Å². The lowest BCUT2D eigenvalue weighted by atomic mass is 10.0. The van der Waals surface area contributed by atoms with Gasteiger partial charge in [0.05, 0.1) is 6.04 Å². The minimum Gasteiger partial charge on any atom is -0.334 e. The van der Waals surface area contributed by atoms with Gasteiger partial charge in [0.1, 0.15) is 0 Å². The molecule has 1 aliphatic heterocycles. The van der Waals surface area contributed by atoms with E-state index < -0.39 is 0 Å². The molecule has 1 aromatic carbocycles. The van der Waals surface area contributed by atoms with Gasteiger partial charge in [0, 0.05) is 42.8 Å². The molecule has 5 heteroatoms. The smallest absolute Gasteiger partial charge is 0.250 e. The average Bonchev–Trinajstić information content (AvgIpc) is 2.61. The van der Waals surface area contributed by atoms with Gasteiger partial charge in [-0.15, -0.1) is 0 Å². The van der Waals surface area contributed by atoms with Crippen molar-refractivity contribution >= 4 is 17.7 Å². The van der Waals surface area contributed by atoms with Crippen molar-refractivity contribution in [3.8, 4) is 0 Å². The number of pyridine rings is 1. The molecular formula is C19H22N2O2S. The highest BCUT2D eigenvalue weighted by Crippen LogP contribution is 2.36. The predicted molar refractivity (Wildman–Crippen MR) is 98.1 cm³/mol. The molecule has 0 saturated carbocycles. The van der Waals surface area contributed by atoms with Gasteiger partial charge in [-0.25, -0.2) is 0 Å². The largest absolute Gasteiger partial charge is 0.334 e. The normalized spacial score (nSPS) is 20.8. The second-order valence-electron chi connectivity index (χ2n) is 6.00. The van der Waals surface area contributed by atoms with Crippen LogP contribution in [0.25, 0.3) is 0 Å². The summed E-state index contributed by atoms with van der Waals surface area (Å²) in [6.07, 6.45) is 2.09. The summed E-state index contributed by atoms with van der Waals surface area (Å²) in [6, 6.07) is 15.4. The zero-order chi connectivity index (χ0) is 16.9. The maximum atomic E-state index is 12.8. The first-order chi connectivity index (χ1) is 11.7. The number of benzene rings is 1. The molecule has 0 N–H and O–H groups in total. The minimum atomic E-state index is -0.0625. The Hall–Kier alpha value is -2.01. The van der Waals surface area contributed by atoms with Gasteiger partial charge in [0.2, 0.25) is 5.91 Å². The average molecular weight is 342 g/mol. The predicted octanol–water partition coefficient (Wildman–Crippen LogP) is 2.94. The van der Waals surface area contributed by atoms with Crippen molar-refractivity contribution < 1.29 is 4.79 Å². The first kappa shape index (κ1) is 16.8. The Bertz CT molecular complexity index is 744. The molecule has 0 aliphatic carbocycles. The summed E-state index contributed by atoms with van der Waals surface area (Å²) in [5, 5.41) is 0.365.